The van der Waals surface area contributed by atoms with Crippen molar-refractivity contribution in [3.05, 3.63) is 41.2 Å². The number of benzene rings is 1. The number of hydrogen-bond acceptors (Lipinski definition) is 3. The fourth-order valence-electron chi connectivity index (χ4n) is 2.52. The van der Waals surface area contributed by atoms with Crippen LogP contribution in [-0.2, 0) is 11.3 Å². The van der Waals surface area contributed by atoms with E-state index in [0.29, 0.717) is 12.1 Å². The van der Waals surface area contributed by atoms with E-state index in [-0.39, 0.29) is 5.82 Å². The van der Waals surface area contributed by atoms with Gasteiger partial charge in [-0.2, -0.15) is 0 Å². The molecule has 1 aliphatic rings. The summed E-state index contributed by atoms with van der Waals surface area (Å²) in [5.41, 5.74) is 1.59. The third-order valence-corrected chi connectivity index (χ3v) is 3.72. The van der Waals surface area contributed by atoms with Crippen molar-refractivity contribution < 1.29 is 14.3 Å². The number of nitrogens with zero attached hydrogens (tertiary/aromatic N) is 2. The van der Waals surface area contributed by atoms with Crippen LogP contribution in [0.15, 0.2) is 24.3 Å². The van der Waals surface area contributed by atoms with Gasteiger partial charge in [-0.25, -0.2) is 9.18 Å². The highest BCUT2D eigenvalue weighted by molar-refractivity contribution is 5.85. The van der Waals surface area contributed by atoms with E-state index >= 15 is 0 Å². The lowest BCUT2D eigenvalue weighted by atomic mass is 10.1. The van der Waals surface area contributed by atoms with Crippen molar-refractivity contribution in [2.45, 2.75) is 13.0 Å². The standard InChI is InChI=1S/C16H21FN2O2/c1-18-7-2-8-19(10-9-18)12-14-3-5-15(17)11-13(14)4-6-16(20)21/h3-6,11H,2,7-10,12H2,1H3,(H,20,21). The summed E-state index contributed by atoms with van der Waals surface area (Å²) < 4.78 is 13.4. The summed E-state index contributed by atoms with van der Waals surface area (Å²) in [4.78, 5) is 15.3. The number of halogens is 1. The maximum atomic E-state index is 13.4. The third kappa shape index (κ3) is 4.95. The minimum absolute atomic E-state index is 0.348. The molecule has 1 heterocycles. The van der Waals surface area contributed by atoms with E-state index in [1.807, 2.05) is 0 Å². The second-order valence-corrected chi connectivity index (χ2v) is 5.45. The lowest BCUT2D eigenvalue weighted by molar-refractivity contribution is -0.131. The summed E-state index contributed by atoms with van der Waals surface area (Å²) in [7, 11) is 2.11. The molecule has 4 nitrogen and oxygen atoms in total. The van der Waals surface area contributed by atoms with Gasteiger partial charge < -0.3 is 10.0 Å². The Kier molecular flexibility index (Phi) is 5.47. The zero-order valence-electron chi connectivity index (χ0n) is 12.3. The van der Waals surface area contributed by atoms with Gasteiger partial charge in [0.05, 0.1) is 0 Å². The minimum Gasteiger partial charge on any atom is -0.478 e. The van der Waals surface area contributed by atoms with Crippen LogP contribution in [0.5, 0.6) is 0 Å². The Labute approximate surface area is 124 Å². The Bertz CT molecular complexity index is 531. The van der Waals surface area contributed by atoms with E-state index in [0.717, 1.165) is 44.2 Å². The van der Waals surface area contributed by atoms with Crippen molar-refractivity contribution in [3.8, 4) is 0 Å². The monoisotopic (exact) mass is 292 g/mol. The molecule has 0 aromatic heterocycles. The first kappa shape index (κ1) is 15.7. The smallest absolute Gasteiger partial charge is 0.328 e. The van der Waals surface area contributed by atoms with Crippen LogP contribution in [0.3, 0.4) is 0 Å². The highest BCUT2D eigenvalue weighted by Gasteiger charge is 2.13. The van der Waals surface area contributed by atoms with Crippen LogP contribution in [-0.4, -0.2) is 54.1 Å². The molecule has 0 atom stereocenters. The lowest BCUT2D eigenvalue weighted by Gasteiger charge is -2.21. The van der Waals surface area contributed by atoms with E-state index in [2.05, 4.69) is 16.8 Å². The van der Waals surface area contributed by atoms with Crippen LogP contribution in [0.2, 0.25) is 0 Å². The van der Waals surface area contributed by atoms with E-state index in [4.69, 9.17) is 5.11 Å². The zero-order valence-corrected chi connectivity index (χ0v) is 12.3. The SMILES string of the molecule is CN1CCCN(Cc2ccc(F)cc2C=CC(=O)O)CC1. The van der Waals surface area contributed by atoms with Gasteiger partial charge in [-0.15, -0.1) is 0 Å². The predicted molar refractivity (Wildman–Crippen MR) is 80.5 cm³/mol. The fraction of sp³-hybridized carbons (Fsp3) is 0.438. The Balaban J connectivity index is 2.13. The second kappa shape index (κ2) is 7.33. The fourth-order valence-corrected chi connectivity index (χ4v) is 2.52. The summed E-state index contributed by atoms with van der Waals surface area (Å²) in [6.07, 6.45) is 3.62. The lowest BCUT2D eigenvalue weighted by Crippen LogP contribution is -2.28. The van der Waals surface area contributed by atoms with Gasteiger partial charge in [0.2, 0.25) is 0 Å². The Hall–Kier alpha value is -1.72. The molecule has 0 aliphatic carbocycles. The summed E-state index contributed by atoms with van der Waals surface area (Å²) in [6, 6.07) is 4.56. The quantitative estimate of drug-likeness (QED) is 0.863. The Morgan fingerprint density at radius 2 is 2.14 bits per heavy atom. The molecule has 1 aromatic carbocycles. The van der Waals surface area contributed by atoms with Crippen LogP contribution in [0.1, 0.15) is 17.5 Å². The number of aliphatic carboxylic acids is 1. The molecular formula is C16H21FN2O2. The van der Waals surface area contributed by atoms with Crippen LogP contribution >= 0.6 is 0 Å². The molecule has 1 fully saturated rings. The zero-order chi connectivity index (χ0) is 15.2. The van der Waals surface area contributed by atoms with Crippen LogP contribution in [0.25, 0.3) is 6.08 Å². The second-order valence-electron chi connectivity index (χ2n) is 5.45. The summed E-state index contributed by atoms with van der Waals surface area (Å²) >= 11 is 0. The van der Waals surface area contributed by atoms with Gasteiger partial charge in [-0.05, 0) is 55.9 Å². The van der Waals surface area contributed by atoms with Crippen molar-refractivity contribution in [1.82, 2.24) is 9.80 Å². The first-order chi connectivity index (χ1) is 10.0. The minimum atomic E-state index is -1.03. The summed E-state index contributed by atoms with van der Waals surface area (Å²) in [5.74, 6) is -1.37. The average Bonchev–Trinajstić information content (AvgIpc) is 2.64. The molecule has 1 N–H and O–H groups in total. The highest BCUT2D eigenvalue weighted by atomic mass is 19.1. The van der Waals surface area contributed by atoms with E-state index in [1.54, 1.807) is 6.07 Å². The number of rotatable bonds is 4. The average molecular weight is 292 g/mol. The van der Waals surface area contributed by atoms with Crippen molar-refractivity contribution >= 4 is 12.0 Å². The number of likely N-dealkylation sites (N-methyl/N-ethyl adjacent to an activating group) is 1. The van der Waals surface area contributed by atoms with Gasteiger partial charge in [0, 0.05) is 25.7 Å². The maximum Gasteiger partial charge on any atom is 0.328 e. The number of hydrogen-bond donors (Lipinski definition) is 1. The molecule has 0 bridgehead atoms. The molecule has 1 saturated heterocycles. The maximum absolute atomic E-state index is 13.4. The molecule has 0 unspecified atom stereocenters. The number of carboxylic acid groups (broad SMARTS) is 1. The first-order valence-electron chi connectivity index (χ1n) is 7.15. The molecule has 1 aromatic rings. The summed E-state index contributed by atoms with van der Waals surface area (Å²) in [5, 5.41) is 8.73. The van der Waals surface area contributed by atoms with Crippen molar-refractivity contribution in [2.75, 3.05) is 33.2 Å². The van der Waals surface area contributed by atoms with E-state index in [9.17, 15) is 9.18 Å². The van der Waals surface area contributed by atoms with Crippen LogP contribution < -0.4 is 0 Å². The van der Waals surface area contributed by atoms with Crippen molar-refractivity contribution in [3.63, 3.8) is 0 Å². The molecule has 2 rings (SSSR count). The molecule has 21 heavy (non-hydrogen) atoms. The number of carbonyl (C=O) groups is 1. The number of carboxylic acids is 1. The Morgan fingerprint density at radius 1 is 1.33 bits per heavy atom. The van der Waals surface area contributed by atoms with E-state index in [1.165, 1.54) is 18.2 Å². The molecule has 0 radical (unpaired) electrons. The molecule has 1 aliphatic heterocycles. The Morgan fingerprint density at radius 3 is 2.90 bits per heavy atom. The van der Waals surface area contributed by atoms with Gasteiger partial charge >= 0.3 is 5.97 Å². The predicted octanol–water partition coefficient (Wildman–Crippen LogP) is 2.06. The summed E-state index contributed by atoms with van der Waals surface area (Å²) in [6.45, 7) is 4.79. The normalized spacial score (nSPS) is 18.0. The topological polar surface area (TPSA) is 43.8 Å². The largest absolute Gasteiger partial charge is 0.478 e. The van der Waals surface area contributed by atoms with Crippen LogP contribution in [0, 0.1) is 5.82 Å². The first-order valence-corrected chi connectivity index (χ1v) is 7.15. The van der Waals surface area contributed by atoms with Gasteiger partial charge in [-0.3, -0.25) is 4.90 Å². The molecule has 0 spiro atoms. The van der Waals surface area contributed by atoms with Crippen LogP contribution in [0.4, 0.5) is 4.39 Å². The third-order valence-electron chi connectivity index (χ3n) is 3.72. The molecule has 114 valence electrons. The van der Waals surface area contributed by atoms with E-state index < -0.39 is 5.97 Å². The van der Waals surface area contributed by atoms with Gasteiger partial charge in [-0.1, -0.05) is 6.07 Å². The molecule has 5 heteroatoms. The van der Waals surface area contributed by atoms with Gasteiger partial charge in [0.25, 0.3) is 0 Å². The molecular weight excluding hydrogens is 271 g/mol. The van der Waals surface area contributed by atoms with Crippen molar-refractivity contribution in [2.24, 2.45) is 0 Å². The van der Waals surface area contributed by atoms with Gasteiger partial charge in [0.15, 0.2) is 0 Å². The van der Waals surface area contributed by atoms with Gasteiger partial charge in [0.1, 0.15) is 5.82 Å². The highest BCUT2D eigenvalue weighted by Crippen LogP contribution is 2.16. The van der Waals surface area contributed by atoms with Crippen molar-refractivity contribution in [1.29, 1.82) is 0 Å². The molecule has 0 amide bonds. The molecule has 0 saturated carbocycles.